The molecule has 0 spiro atoms. The molecular formula is C15H20BrNO2. The maximum Gasteiger partial charge on any atom is 0.162 e. The molecule has 0 radical (unpaired) electrons. The number of ether oxygens (including phenoxy) is 2. The Kier molecular flexibility index (Phi) is 3.99. The average Bonchev–Trinajstić information content (AvgIpc) is 2.37. The summed E-state index contributed by atoms with van der Waals surface area (Å²) in [6.45, 7) is 1.28. The molecule has 0 aromatic heterocycles. The lowest BCUT2D eigenvalue weighted by molar-refractivity contribution is 0.171. The van der Waals surface area contributed by atoms with Crippen molar-refractivity contribution in [3.05, 3.63) is 22.2 Å². The molecule has 0 amide bonds. The summed E-state index contributed by atoms with van der Waals surface area (Å²) in [5, 5.41) is 3.44. The van der Waals surface area contributed by atoms with Crippen molar-refractivity contribution in [3.8, 4) is 11.5 Å². The number of rotatable bonds is 4. The lowest BCUT2D eigenvalue weighted by atomic mass is 9.79. The lowest BCUT2D eigenvalue weighted by Gasteiger charge is -2.31. The average molecular weight is 326 g/mol. The van der Waals surface area contributed by atoms with Crippen LogP contribution in [-0.4, -0.2) is 20.3 Å². The molecule has 0 saturated heterocycles. The Hall–Kier alpha value is -0.740. The van der Waals surface area contributed by atoms with Gasteiger partial charge in [-0.2, -0.15) is 0 Å². The van der Waals surface area contributed by atoms with Gasteiger partial charge < -0.3 is 14.8 Å². The van der Waals surface area contributed by atoms with Gasteiger partial charge in [0.2, 0.25) is 0 Å². The molecule has 104 valence electrons. The third kappa shape index (κ3) is 2.75. The number of hydrogen-bond acceptors (Lipinski definition) is 3. The Morgan fingerprint density at radius 3 is 2.53 bits per heavy atom. The van der Waals surface area contributed by atoms with Crippen LogP contribution in [0.1, 0.15) is 37.3 Å². The first kappa shape index (κ1) is 13.3. The summed E-state index contributed by atoms with van der Waals surface area (Å²) in [4.78, 5) is 0. The highest BCUT2D eigenvalue weighted by Crippen LogP contribution is 2.41. The number of benzene rings is 1. The normalized spacial score (nSPS) is 19.9. The van der Waals surface area contributed by atoms with Crippen molar-refractivity contribution in [1.82, 2.24) is 5.32 Å². The quantitative estimate of drug-likeness (QED) is 0.916. The highest BCUT2D eigenvalue weighted by atomic mass is 79.9. The molecule has 1 atom stereocenters. The highest BCUT2D eigenvalue weighted by Gasteiger charge is 2.25. The summed E-state index contributed by atoms with van der Waals surface area (Å²) < 4.78 is 12.4. The van der Waals surface area contributed by atoms with Crippen LogP contribution < -0.4 is 14.8 Å². The Balaban J connectivity index is 1.84. The van der Waals surface area contributed by atoms with E-state index in [1.165, 1.54) is 31.2 Å². The zero-order valence-corrected chi connectivity index (χ0v) is 12.8. The number of halogens is 1. The first-order valence-electron chi connectivity index (χ1n) is 7.04. The molecular weight excluding hydrogens is 306 g/mol. The van der Waals surface area contributed by atoms with Crippen LogP contribution in [-0.2, 0) is 0 Å². The standard InChI is InChI=1S/C15H20BrNO2/c1-17-13(7-10-3-2-4-10)11-8-14-15(9-12(11)16)19-6-5-18-14/h8-10,13,17H,2-7H2,1H3. The van der Waals surface area contributed by atoms with Gasteiger partial charge in [-0.05, 0) is 37.1 Å². The van der Waals surface area contributed by atoms with Crippen LogP contribution in [0, 0.1) is 5.92 Å². The fraction of sp³-hybridized carbons (Fsp3) is 0.600. The van der Waals surface area contributed by atoms with Gasteiger partial charge in [0.05, 0.1) is 0 Å². The molecule has 1 aliphatic heterocycles. The Morgan fingerprint density at radius 1 is 1.26 bits per heavy atom. The molecule has 19 heavy (non-hydrogen) atoms. The minimum absolute atomic E-state index is 0.385. The fourth-order valence-corrected chi connectivity index (χ4v) is 3.41. The van der Waals surface area contributed by atoms with Crippen molar-refractivity contribution in [2.24, 2.45) is 5.92 Å². The minimum atomic E-state index is 0.385. The molecule has 2 aliphatic rings. The third-order valence-electron chi connectivity index (χ3n) is 4.18. The van der Waals surface area contributed by atoms with Gasteiger partial charge in [0.25, 0.3) is 0 Å². The first-order valence-corrected chi connectivity index (χ1v) is 7.83. The number of hydrogen-bond donors (Lipinski definition) is 1. The van der Waals surface area contributed by atoms with Crippen LogP contribution in [0.25, 0.3) is 0 Å². The second kappa shape index (κ2) is 5.71. The van der Waals surface area contributed by atoms with Crippen LogP contribution in [0.3, 0.4) is 0 Å². The molecule has 1 N–H and O–H groups in total. The van der Waals surface area contributed by atoms with E-state index in [2.05, 4.69) is 27.3 Å². The van der Waals surface area contributed by atoms with Crippen molar-refractivity contribution in [2.75, 3.05) is 20.3 Å². The molecule has 1 unspecified atom stereocenters. The molecule has 3 rings (SSSR count). The van der Waals surface area contributed by atoms with Crippen molar-refractivity contribution in [1.29, 1.82) is 0 Å². The molecule has 1 aliphatic carbocycles. The van der Waals surface area contributed by atoms with E-state index in [0.29, 0.717) is 19.3 Å². The zero-order chi connectivity index (χ0) is 13.2. The Labute approximate surface area is 122 Å². The second-order valence-electron chi connectivity index (χ2n) is 5.39. The van der Waals surface area contributed by atoms with Gasteiger partial charge in [-0.1, -0.05) is 35.2 Å². The smallest absolute Gasteiger partial charge is 0.162 e. The van der Waals surface area contributed by atoms with Gasteiger partial charge >= 0.3 is 0 Å². The van der Waals surface area contributed by atoms with Crippen molar-refractivity contribution in [2.45, 2.75) is 31.7 Å². The van der Waals surface area contributed by atoms with Gasteiger partial charge in [0.1, 0.15) is 13.2 Å². The SMILES string of the molecule is CNC(CC1CCC1)c1cc2c(cc1Br)OCCO2. The van der Waals surface area contributed by atoms with Crippen LogP contribution in [0.4, 0.5) is 0 Å². The summed E-state index contributed by atoms with van der Waals surface area (Å²) in [5.41, 5.74) is 1.28. The van der Waals surface area contributed by atoms with E-state index >= 15 is 0 Å². The van der Waals surface area contributed by atoms with Gasteiger partial charge in [0, 0.05) is 10.5 Å². The van der Waals surface area contributed by atoms with E-state index in [4.69, 9.17) is 9.47 Å². The largest absolute Gasteiger partial charge is 0.486 e. The summed E-state index contributed by atoms with van der Waals surface area (Å²) in [5.74, 6) is 2.59. The summed E-state index contributed by atoms with van der Waals surface area (Å²) in [7, 11) is 2.03. The van der Waals surface area contributed by atoms with E-state index in [9.17, 15) is 0 Å². The molecule has 3 nitrogen and oxygen atoms in total. The Morgan fingerprint density at radius 2 is 1.95 bits per heavy atom. The molecule has 1 heterocycles. The van der Waals surface area contributed by atoms with Crippen molar-refractivity contribution < 1.29 is 9.47 Å². The van der Waals surface area contributed by atoms with Gasteiger partial charge in [-0.15, -0.1) is 0 Å². The summed E-state index contributed by atoms with van der Waals surface area (Å²) in [6, 6.07) is 4.54. The van der Waals surface area contributed by atoms with Crippen LogP contribution in [0.15, 0.2) is 16.6 Å². The number of nitrogens with one attached hydrogen (secondary N) is 1. The predicted octanol–water partition coefficient (Wildman–Crippen LogP) is 3.67. The topological polar surface area (TPSA) is 30.5 Å². The maximum atomic E-state index is 5.69. The number of fused-ring (bicyclic) bond motifs is 1. The lowest BCUT2D eigenvalue weighted by Crippen LogP contribution is -2.24. The van der Waals surface area contributed by atoms with E-state index < -0.39 is 0 Å². The molecule has 1 aromatic carbocycles. The van der Waals surface area contributed by atoms with Gasteiger partial charge in [0.15, 0.2) is 11.5 Å². The summed E-state index contributed by atoms with van der Waals surface area (Å²) >= 11 is 3.67. The van der Waals surface area contributed by atoms with Crippen LogP contribution in [0.2, 0.25) is 0 Å². The highest BCUT2D eigenvalue weighted by molar-refractivity contribution is 9.10. The zero-order valence-electron chi connectivity index (χ0n) is 11.2. The van der Waals surface area contributed by atoms with E-state index in [-0.39, 0.29) is 0 Å². The maximum absolute atomic E-state index is 5.69. The first-order chi connectivity index (χ1) is 9.28. The van der Waals surface area contributed by atoms with Crippen molar-refractivity contribution >= 4 is 15.9 Å². The fourth-order valence-electron chi connectivity index (χ4n) is 2.81. The van der Waals surface area contributed by atoms with Gasteiger partial charge in [-0.3, -0.25) is 0 Å². The van der Waals surface area contributed by atoms with Crippen LogP contribution >= 0.6 is 15.9 Å². The Bertz CT molecular complexity index is 460. The van der Waals surface area contributed by atoms with E-state index in [1.54, 1.807) is 0 Å². The molecule has 0 bridgehead atoms. The van der Waals surface area contributed by atoms with Crippen molar-refractivity contribution in [3.63, 3.8) is 0 Å². The minimum Gasteiger partial charge on any atom is -0.486 e. The summed E-state index contributed by atoms with van der Waals surface area (Å²) in [6.07, 6.45) is 5.35. The van der Waals surface area contributed by atoms with Gasteiger partial charge in [-0.25, -0.2) is 0 Å². The van der Waals surface area contributed by atoms with E-state index in [0.717, 1.165) is 21.9 Å². The van der Waals surface area contributed by atoms with Crippen LogP contribution in [0.5, 0.6) is 11.5 Å². The van der Waals surface area contributed by atoms with E-state index in [1.807, 2.05) is 13.1 Å². The third-order valence-corrected chi connectivity index (χ3v) is 4.87. The molecule has 4 heteroatoms. The molecule has 1 aromatic rings. The second-order valence-corrected chi connectivity index (χ2v) is 6.25. The molecule has 1 saturated carbocycles. The predicted molar refractivity (Wildman–Crippen MR) is 78.9 cm³/mol. The molecule has 1 fully saturated rings. The monoisotopic (exact) mass is 325 g/mol.